The molecule has 0 spiro atoms. The van der Waals surface area contributed by atoms with Crippen molar-refractivity contribution in [1.29, 1.82) is 0 Å². The first kappa shape index (κ1) is 14.5. The Morgan fingerprint density at radius 3 is 2.14 bits per heavy atom. The van der Waals surface area contributed by atoms with Crippen LogP contribution in [0.15, 0.2) is 67.0 Å². The lowest BCUT2D eigenvalue weighted by molar-refractivity contribution is 0.595. The van der Waals surface area contributed by atoms with Crippen LogP contribution in [0.5, 0.6) is 0 Å². The van der Waals surface area contributed by atoms with Gasteiger partial charge in [0, 0.05) is 23.4 Å². The van der Waals surface area contributed by atoms with E-state index >= 15 is 0 Å². The third-order valence-corrected chi connectivity index (χ3v) is 3.86. The lowest BCUT2D eigenvalue weighted by Gasteiger charge is -2.19. The summed E-state index contributed by atoms with van der Waals surface area (Å²) in [4.78, 5) is 6.41. The molecule has 112 valence electrons. The number of rotatable bonds is 0. The quantitative estimate of drug-likeness (QED) is 0.420. The zero-order chi connectivity index (χ0) is 15.6. The van der Waals surface area contributed by atoms with Crippen LogP contribution in [-0.4, -0.2) is 9.97 Å². The number of hydrogen-bond donors (Lipinski definition) is 2. The number of para-hydroxylation sites is 2. The fraction of sp³-hybridized carbons (Fsp3) is 0.200. The summed E-state index contributed by atoms with van der Waals surface area (Å²) in [5, 5.41) is 2.57. The van der Waals surface area contributed by atoms with Gasteiger partial charge in [0.25, 0.3) is 0 Å². The van der Waals surface area contributed by atoms with Crippen molar-refractivity contribution >= 4 is 21.8 Å². The summed E-state index contributed by atoms with van der Waals surface area (Å²) >= 11 is 0. The molecular weight excluding hydrogens is 268 g/mol. The fourth-order valence-corrected chi connectivity index (χ4v) is 2.70. The molecular formula is C20H22N2. The molecule has 2 nitrogen and oxygen atoms in total. The number of aromatic amines is 2. The molecule has 0 aliphatic carbocycles. The summed E-state index contributed by atoms with van der Waals surface area (Å²) in [5.74, 6) is 0. The Labute approximate surface area is 131 Å². The molecule has 0 saturated carbocycles. The van der Waals surface area contributed by atoms with Gasteiger partial charge in [0.15, 0.2) is 0 Å². The maximum Gasteiger partial charge on any atom is 0.0491 e. The van der Waals surface area contributed by atoms with Crippen LogP contribution in [-0.2, 0) is 5.41 Å². The van der Waals surface area contributed by atoms with Crippen LogP contribution in [0.3, 0.4) is 0 Å². The van der Waals surface area contributed by atoms with E-state index in [-0.39, 0.29) is 5.41 Å². The van der Waals surface area contributed by atoms with Gasteiger partial charge in [0.2, 0.25) is 0 Å². The Balaban J connectivity index is 0.000000139. The maximum atomic E-state index is 3.29. The summed E-state index contributed by atoms with van der Waals surface area (Å²) in [6, 6.07) is 18.9. The van der Waals surface area contributed by atoms with Gasteiger partial charge >= 0.3 is 0 Å². The van der Waals surface area contributed by atoms with Gasteiger partial charge in [0.05, 0.1) is 0 Å². The third-order valence-electron chi connectivity index (χ3n) is 3.86. The standard InChI is InChI=1S/C12H15N.C8H7N/c1-12(2,3)10-6-4-5-9-7-8-13-11(9)10;1-2-4-8-7(3-1)5-6-9-8/h4-8,13H,1-3H3;1-6,9H. The predicted molar refractivity (Wildman–Crippen MR) is 95.3 cm³/mol. The van der Waals surface area contributed by atoms with Gasteiger partial charge < -0.3 is 9.97 Å². The molecule has 0 atom stereocenters. The molecule has 0 amide bonds. The molecule has 2 aromatic carbocycles. The lowest BCUT2D eigenvalue weighted by Crippen LogP contribution is -2.11. The topological polar surface area (TPSA) is 31.6 Å². The van der Waals surface area contributed by atoms with Crippen LogP contribution in [0.2, 0.25) is 0 Å². The van der Waals surface area contributed by atoms with E-state index in [1.54, 1.807) is 0 Å². The zero-order valence-corrected chi connectivity index (χ0v) is 13.4. The van der Waals surface area contributed by atoms with Crippen LogP contribution in [0.1, 0.15) is 26.3 Å². The summed E-state index contributed by atoms with van der Waals surface area (Å²) < 4.78 is 0. The van der Waals surface area contributed by atoms with E-state index in [9.17, 15) is 0 Å². The summed E-state index contributed by atoms with van der Waals surface area (Å²) in [5.41, 5.74) is 4.08. The van der Waals surface area contributed by atoms with Crippen LogP contribution in [0.25, 0.3) is 21.8 Å². The molecule has 0 aliphatic rings. The number of nitrogens with one attached hydrogen (secondary N) is 2. The highest BCUT2D eigenvalue weighted by molar-refractivity contribution is 5.83. The van der Waals surface area contributed by atoms with Gasteiger partial charge in [-0.15, -0.1) is 0 Å². The van der Waals surface area contributed by atoms with E-state index in [0.29, 0.717) is 0 Å². The molecule has 0 radical (unpaired) electrons. The number of hydrogen-bond acceptors (Lipinski definition) is 0. The van der Waals surface area contributed by atoms with E-state index in [2.05, 4.69) is 73.2 Å². The van der Waals surface area contributed by atoms with E-state index in [4.69, 9.17) is 0 Å². The first-order chi connectivity index (χ1) is 10.6. The SMILES string of the molecule is CC(C)(C)c1cccc2cc[nH]c12.c1ccc2[nH]ccc2c1. The molecule has 0 unspecified atom stereocenters. The van der Waals surface area contributed by atoms with Gasteiger partial charge in [-0.25, -0.2) is 0 Å². The van der Waals surface area contributed by atoms with E-state index in [0.717, 1.165) is 0 Å². The van der Waals surface area contributed by atoms with Crippen LogP contribution in [0, 0.1) is 0 Å². The van der Waals surface area contributed by atoms with Crippen LogP contribution >= 0.6 is 0 Å². The van der Waals surface area contributed by atoms with Crippen molar-refractivity contribution in [3.05, 3.63) is 72.6 Å². The van der Waals surface area contributed by atoms with Crippen LogP contribution in [0.4, 0.5) is 0 Å². The second-order valence-electron chi connectivity index (χ2n) is 6.56. The number of fused-ring (bicyclic) bond motifs is 2. The number of aromatic nitrogens is 2. The molecule has 0 bridgehead atoms. The molecule has 4 aromatic rings. The first-order valence-corrected chi connectivity index (χ1v) is 7.64. The van der Waals surface area contributed by atoms with Crippen molar-refractivity contribution in [1.82, 2.24) is 9.97 Å². The minimum Gasteiger partial charge on any atom is -0.361 e. The van der Waals surface area contributed by atoms with Crippen molar-refractivity contribution in [2.24, 2.45) is 0 Å². The molecule has 2 N–H and O–H groups in total. The molecule has 0 saturated heterocycles. The molecule has 0 aliphatic heterocycles. The lowest BCUT2D eigenvalue weighted by atomic mass is 9.86. The van der Waals surface area contributed by atoms with Crippen LogP contribution < -0.4 is 0 Å². The molecule has 22 heavy (non-hydrogen) atoms. The summed E-state index contributed by atoms with van der Waals surface area (Å²) in [6.45, 7) is 6.72. The normalized spacial score (nSPS) is 11.4. The molecule has 2 aromatic heterocycles. The maximum absolute atomic E-state index is 3.29. The minimum atomic E-state index is 0.213. The van der Waals surface area contributed by atoms with E-state index in [1.165, 1.54) is 27.4 Å². The van der Waals surface area contributed by atoms with E-state index < -0.39 is 0 Å². The van der Waals surface area contributed by atoms with Crippen molar-refractivity contribution in [3.63, 3.8) is 0 Å². The van der Waals surface area contributed by atoms with Gasteiger partial charge in [-0.2, -0.15) is 0 Å². The smallest absolute Gasteiger partial charge is 0.0491 e. The van der Waals surface area contributed by atoms with Crippen molar-refractivity contribution in [2.45, 2.75) is 26.2 Å². The molecule has 2 heterocycles. The Kier molecular flexibility index (Phi) is 3.76. The molecule has 0 fully saturated rings. The highest BCUT2D eigenvalue weighted by atomic mass is 14.7. The van der Waals surface area contributed by atoms with E-state index in [1.807, 2.05) is 24.5 Å². The minimum absolute atomic E-state index is 0.213. The average molecular weight is 290 g/mol. The van der Waals surface area contributed by atoms with Gasteiger partial charge in [0.1, 0.15) is 0 Å². The summed E-state index contributed by atoms with van der Waals surface area (Å²) in [7, 11) is 0. The monoisotopic (exact) mass is 290 g/mol. The van der Waals surface area contributed by atoms with Crippen molar-refractivity contribution < 1.29 is 0 Å². The van der Waals surface area contributed by atoms with Gasteiger partial charge in [-0.1, -0.05) is 57.2 Å². The highest BCUT2D eigenvalue weighted by Gasteiger charge is 2.16. The third kappa shape index (κ3) is 2.91. The summed E-state index contributed by atoms with van der Waals surface area (Å²) in [6.07, 6.45) is 3.95. The Bertz CT molecular complexity index is 845. The predicted octanol–water partition coefficient (Wildman–Crippen LogP) is 5.63. The Morgan fingerprint density at radius 2 is 1.36 bits per heavy atom. The number of benzene rings is 2. The van der Waals surface area contributed by atoms with Crippen molar-refractivity contribution in [2.75, 3.05) is 0 Å². The highest BCUT2D eigenvalue weighted by Crippen LogP contribution is 2.28. The van der Waals surface area contributed by atoms with Crippen molar-refractivity contribution in [3.8, 4) is 0 Å². The zero-order valence-electron chi connectivity index (χ0n) is 13.4. The molecule has 2 heteroatoms. The second kappa shape index (κ2) is 5.72. The molecule has 4 rings (SSSR count). The Hall–Kier alpha value is -2.48. The Morgan fingerprint density at radius 1 is 0.682 bits per heavy atom. The van der Waals surface area contributed by atoms with Gasteiger partial charge in [-0.3, -0.25) is 0 Å². The fourth-order valence-electron chi connectivity index (χ4n) is 2.70. The number of H-pyrrole nitrogens is 2. The second-order valence-corrected chi connectivity index (χ2v) is 6.56. The first-order valence-electron chi connectivity index (χ1n) is 7.64. The largest absolute Gasteiger partial charge is 0.361 e. The van der Waals surface area contributed by atoms with Gasteiger partial charge in [-0.05, 0) is 39.9 Å². The average Bonchev–Trinajstić information content (AvgIpc) is 3.15.